The lowest BCUT2D eigenvalue weighted by Crippen LogP contribution is -2.37. The summed E-state index contributed by atoms with van der Waals surface area (Å²) in [6.07, 6.45) is 0.855. The summed E-state index contributed by atoms with van der Waals surface area (Å²) in [4.78, 5) is 26.1. The Morgan fingerprint density at radius 1 is 1.29 bits per heavy atom. The highest BCUT2D eigenvalue weighted by molar-refractivity contribution is 7.99. The molecule has 132 valence electrons. The monoisotopic (exact) mass is 353 g/mol. The molecular formula is C17H23NO5S. The summed E-state index contributed by atoms with van der Waals surface area (Å²) in [6.45, 7) is 0.473. The smallest absolute Gasteiger partial charge is 0.305 e. The van der Waals surface area contributed by atoms with Gasteiger partial charge >= 0.3 is 5.97 Å². The van der Waals surface area contributed by atoms with Crippen molar-refractivity contribution in [2.45, 2.75) is 36.3 Å². The minimum absolute atomic E-state index is 0.0122. The topological polar surface area (TPSA) is 76.1 Å². The van der Waals surface area contributed by atoms with Crippen molar-refractivity contribution in [3.63, 3.8) is 0 Å². The van der Waals surface area contributed by atoms with E-state index in [0.717, 1.165) is 10.6 Å². The molecule has 1 saturated heterocycles. The van der Waals surface area contributed by atoms with Gasteiger partial charge in [0.2, 0.25) is 5.91 Å². The Morgan fingerprint density at radius 3 is 2.58 bits per heavy atom. The second kappa shape index (κ2) is 8.94. The van der Waals surface area contributed by atoms with Crippen molar-refractivity contribution in [3.8, 4) is 5.75 Å². The van der Waals surface area contributed by atoms with E-state index in [4.69, 9.17) is 14.6 Å². The van der Waals surface area contributed by atoms with Crippen molar-refractivity contribution in [1.82, 2.24) is 4.90 Å². The Labute approximate surface area is 146 Å². The minimum Gasteiger partial charge on any atom is -0.497 e. The maximum absolute atomic E-state index is 12.4. The Balaban J connectivity index is 1.84. The highest BCUT2D eigenvalue weighted by Gasteiger charge is 2.36. The van der Waals surface area contributed by atoms with Gasteiger partial charge in [0.15, 0.2) is 0 Å². The Morgan fingerprint density at radius 2 is 2.00 bits per heavy atom. The summed E-state index contributed by atoms with van der Waals surface area (Å²) in [7, 11) is 3.22. The number of carboxylic acids is 1. The molecule has 2 rings (SSSR count). The van der Waals surface area contributed by atoms with E-state index in [1.807, 2.05) is 24.3 Å². The zero-order valence-corrected chi connectivity index (χ0v) is 14.8. The van der Waals surface area contributed by atoms with Gasteiger partial charge in [0, 0.05) is 36.8 Å². The van der Waals surface area contributed by atoms with Gasteiger partial charge in [-0.15, -0.1) is 11.8 Å². The first kappa shape index (κ1) is 18.6. The molecule has 1 heterocycles. The summed E-state index contributed by atoms with van der Waals surface area (Å²) in [5.41, 5.74) is 0. The number of hydrogen-bond acceptors (Lipinski definition) is 5. The largest absolute Gasteiger partial charge is 0.497 e. The van der Waals surface area contributed by atoms with E-state index in [1.54, 1.807) is 30.9 Å². The van der Waals surface area contributed by atoms with E-state index in [1.165, 1.54) is 0 Å². The fourth-order valence-corrected chi connectivity index (χ4v) is 3.66. The van der Waals surface area contributed by atoms with E-state index < -0.39 is 5.97 Å². The molecule has 1 aliphatic rings. The van der Waals surface area contributed by atoms with Gasteiger partial charge in [0.25, 0.3) is 0 Å². The van der Waals surface area contributed by atoms with Gasteiger partial charge in [0.1, 0.15) is 5.75 Å². The van der Waals surface area contributed by atoms with Crippen molar-refractivity contribution in [1.29, 1.82) is 0 Å². The molecule has 6 nitrogen and oxygen atoms in total. The molecule has 0 spiro atoms. The van der Waals surface area contributed by atoms with Crippen molar-refractivity contribution >= 4 is 23.6 Å². The summed E-state index contributed by atoms with van der Waals surface area (Å²) in [5.74, 6) is 0.553. The van der Waals surface area contributed by atoms with Crippen LogP contribution in [0.5, 0.6) is 5.75 Å². The number of carbonyl (C=O) groups excluding carboxylic acids is 1. The van der Waals surface area contributed by atoms with Crippen molar-refractivity contribution in [3.05, 3.63) is 24.3 Å². The van der Waals surface area contributed by atoms with Crippen LogP contribution in [0.3, 0.4) is 0 Å². The van der Waals surface area contributed by atoms with Crippen LogP contribution in [0.1, 0.15) is 19.3 Å². The molecule has 2 unspecified atom stereocenters. The number of amides is 1. The van der Waals surface area contributed by atoms with Gasteiger partial charge in [-0.3, -0.25) is 9.59 Å². The number of carbonyl (C=O) groups is 2. The molecule has 0 saturated carbocycles. The van der Waals surface area contributed by atoms with Crippen LogP contribution in [-0.4, -0.2) is 60.5 Å². The molecule has 24 heavy (non-hydrogen) atoms. The van der Waals surface area contributed by atoms with Crippen LogP contribution >= 0.6 is 11.8 Å². The van der Waals surface area contributed by atoms with Crippen LogP contribution in [0.4, 0.5) is 0 Å². The maximum atomic E-state index is 12.4. The van der Waals surface area contributed by atoms with Gasteiger partial charge in [-0.25, -0.2) is 0 Å². The zero-order chi connectivity index (χ0) is 17.5. The van der Waals surface area contributed by atoms with Crippen LogP contribution in [0.15, 0.2) is 29.2 Å². The molecule has 1 N–H and O–H groups in total. The molecule has 0 aliphatic carbocycles. The Hall–Kier alpha value is -1.73. The Bertz CT molecular complexity index is 563. The van der Waals surface area contributed by atoms with E-state index in [2.05, 4.69) is 0 Å². The van der Waals surface area contributed by atoms with Crippen LogP contribution in [0.2, 0.25) is 0 Å². The minimum atomic E-state index is -0.887. The summed E-state index contributed by atoms with van der Waals surface area (Å²) in [6, 6.07) is 7.41. The number of methoxy groups -OCH3 is 2. The average Bonchev–Trinajstić information content (AvgIpc) is 2.97. The third-order valence-electron chi connectivity index (χ3n) is 4.08. The van der Waals surface area contributed by atoms with E-state index in [0.29, 0.717) is 25.1 Å². The second-order valence-electron chi connectivity index (χ2n) is 5.67. The van der Waals surface area contributed by atoms with Crippen LogP contribution in [0, 0.1) is 0 Å². The van der Waals surface area contributed by atoms with E-state index in [-0.39, 0.29) is 24.5 Å². The molecular weight excluding hydrogens is 330 g/mol. The van der Waals surface area contributed by atoms with Crippen LogP contribution in [0.25, 0.3) is 0 Å². The first-order chi connectivity index (χ1) is 11.5. The number of benzene rings is 1. The fourth-order valence-electron chi connectivity index (χ4n) is 2.82. The van der Waals surface area contributed by atoms with E-state index in [9.17, 15) is 9.59 Å². The van der Waals surface area contributed by atoms with Crippen LogP contribution in [-0.2, 0) is 14.3 Å². The maximum Gasteiger partial charge on any atom is 0.305 e. The average molecular weight is 353 g/mol. The SMILES string of the molecule is COc1ccc(SCCC(=O)N2CC(OC)CC2CC(=O)O)cc1. The fraction of sp³-hybridized carbons (Fsp3) is 0.529. The predicted octanol–water partition coefficient (Wildman–Crippen LogP) is 2.27. The standard InChI is InChI=1S/C17H23NO5S/c1-22-13-3-5-15(6-4-13)24-8-7-16(19)18-11-14(23-2)9-12(18)10-17(20)21/h3-6,12,14H,7-11H2,1-2H3,(H,20,21). The number of carboxylic acid groups (broad SMARTS) is 1. The van der Waals surface area contributed by atoms with Gasteiger partial charge in [-0.05, 0) is 30.7 Å². The summed E-state index contributed by atoms with van der Waals surface area (Å²) in [5, 5.41) is 9.01. The zero-order valence-electron chi connectivity index (χ0n) is 13.9. The molecule has 2 atom stereocenters. The van der Waals surface area contributed by atoms with Crippen molar-refractivity contribution in [2.75, 3.05) is 26.5 Å². The lowest BCUT2D eigenvalue weighted by Gasteiger charge is -2.23. The van der Waals surface area contributed by atoms with E-state index >= 15 is 0 Å². The predicted molar refractivity (Wildman–Crippen MR) is 91.5 cm³/mol. The molecule has 1 aliphatic heterocycles. The number of aliphatic carboxylic acids is 1. The van der Waals surface area contributed by atoms with Gasteiger partial charge in [-0.2, -0.15) is 0 Å². The quantitative estimate of drug-likeness (QED) is 0.723. The highest BCUT2D eigenvalue weighted by atomic mass is 32.2. The molecule has 0 bridgehead atoms. The summed E-state index contributed by atoms with van der Waals surface area (Å²) >= 11 is 1.60. The van der Waals surface area contributed by atoms with Gasteiger partial charge in [-0.1, -0.05) is 0 Å². The first-order valence-corrected chi connectivity index (χ1v) is 8.83. The lowest BCUT2D eigenvalue weighted by molar-refractivity contribution is -0.139. The number of thioether (sulfide) groups is 1. The van der Waals surface area contributed by atoms with Gasteiger partial charge in [0.05, 0.1) is 19.6 Å². The molecule has 7 heteroatoms. The third kappa shape index (κ3) is 5.14. The first-order valence-electron chi connectivity index (χ1n) is 7.84. The number of nitrogens with zero attached hydrogens (tertiary/aromatic N) is 1. The highest BCUT2D eigenvalue weighted by Crippen LogP contribution is 2.26. The number of rotatable bonds is 8. The number of hydrogen-bond donors (Lipinski definition) is 1. The van der Waals surface area contributed by atoms with Gasteiger partial charge < -0.3 is 19.5 Å². The summed E-state index contributed by atoms with van der Waals surface area (Å²) < 4.78 is 10.4. The molecule has 1 fully saturated rings. The molecule has 0 aromatic heterocycles. The Kier molecular flexibility index (Phi) is 6.93. The molecule has 1 aromatic rings. The normalized spacial score (nSPS) is 20.2. The van der Waals surface area contributed by atoms with Crippen LogP contribution < -0.4 is 4.74 Å². The third-order valence-corrected chi connectivity index (χ3v) is 5.10. The second-order valence-corrected chi connectivity index (χ2v) is 6.83. The molecule has 0 radical (unpaired) electrons. The van der Waals surface area contributed by atoms with Crippen molar-refractivity contribution in [2.24, 2.45) is 0 Å². The molecule has 1 aromatic carbocycles. The van der Waals surface area contributed by atoms with Crippen molar-refractivity contribution < 1.29 is 24.2 Å². The molecule has 1 amide bonds. The number of ether oxygens (including phenoxy) is 2. The lowest BCUT2D eigenvalue weighted by atomic mass is 10.1. The number of likely N-dealkylation sites (tertiary alicyclic amines) is 1.